The van der Waals surface area contributed by atoms with Crippen molar-refractivity contribution in [1.82, 2.24) is 15.6 Å². The third kappa shape index (κ3) is 2.09. The average Bonchev–Trinajstić information content (AvgIpc) is 2.72. The van der Waals surface area contributed by atoms with Gasteiger partial charge >= 0.3 is 0 Å². The van der Waals surface area contributed by atoms with Crippen LogP contribution < -0.4 is 15.6 Å². The van der Waals surface area contributed by atoms with Crippen molar-refractivity contribution in [1.29, 1.82) is 0 Å². The second-order valence-corrected chi connectivity index (χ2v) is 3.78. The molecule has 74 valence electrons. The second-order valence-electron chi connectivity index (χ2n) is 3.10. The summed E-state index contributed by atoms with van der Waals surface area (Å²) < 4.78 is 0. The molecule has 0 aromatic heterocycles. The molecule has 0 radical (unpaired) electrons. The van der Waals surface area contributed by atoms with Crippen LogP contribution in [0, 0.1) is 0 Å². The van der Waals surface area contributed by atoms with Gasteiger partial charge in [-0.2, -0.15) is 4.83 Å². The van der Waals surface area contributed by atoms with Gasteiger partial charge in [0.1, 0.15) is 0 Å². The standard InChI is InChI=1S/C10H13N3S/c1-11-6-8-2-4-9(5-3-8)10-7-14-13-12-10/h2-5,7,11-13H,6H2,1H3. The molecular weight excluding hydrogens is 194 g/mol. The minimum absolute atomic E-state index is 0.916. The fourth-order valence-electron chi connectivity index (χ4n) is 1.35. The highest BCUT2D eigenvalue weighted by molar-refractivity contribution is 8.00. The molecule has 4 heteroatoms. The summed E-state index contributed by atoms with van der Waals surface area (Å²) in [5.74, 6) is 0. The highest BCUT2D eigenvalue weighted by Crippen LogP contribution is 2.18. The lowest BCUT2D eigenvalue weighted by atomic mass is 10.1. The Bertz CT molecular complexity index is 332. The molecule has 1 heterocycles. The van der Waals surface area contributed by atoms with Crippen LogP contribution in [0.5, 0.6) is 0 Å². The zero-order valence-corrected chi connectivity index (χ0v) is 8.82. The monoisotopic (exact) mass is 207 g/mol. The molecule has 0 saturated carbocycles. The number of hydrogen-bond donors (Lipinski definition) is 3. The van der Waals surface area contributed by atoms with E-state index in [0.29, 0.717) is 0 Å². The van der Waals surface area contributed by atoms with Crippen LogP contribution in [-0.2, 0) is 6.54 Å². The summed E-state index contributed by atoms with van der Waals surface area (Å²) in [6.45, 7) is 0.916. The molecule has 0 bridgehead atoms. The van der Waals surface area contributed by atoms with Crippen molar-refractivity contribution in [2.75, 3.05) is 7.05 Å². The first-order valence-electron chi connectivity index (χ1n) is 4.51. The predicted molar refractivity (Wildman–Crippen MR) is 61.0 cm³/mol. The first-order chi connectivity index (χ1) is 6.90. The van der Waals surface area contributed by atoms with E-state index in [9.17, 15) is 0 Å². The molecule has 0 spiro atoms. The van der Waals surface area contributed by atoms with Gasteiger partial charge in [0, 0.05) is 12.0 Å². The minimum atomic E-state index is 0.916. The van der Waals surface area contributed by atoms with E-state index in [1.54, 1.807) is 11.9 Å². The smallest absolute Gasteiger partial charge is 0.0645 e. The lowest BCUT2D eigenvalue weighted by molar-refractivity contribution is 0.817. The summed E-state index contributed by atoms with van der Waals surface area (Å²) in [5.41, 5.74) is 6.73. The SMILES string of the molecule is CNCc1ccc(C2=CSNN2)cc1. The van der Waals surface area contributed by atoms with Crippen LogP contribution in [0.1, 0.15) is 11.1 Å². The Balaban J connectivity index is 2.13. The van der Waals surface area contributed by atoms with Crippen LogP contribution in [0.4, 0.5) is 0 Å². The van der Waals surface area contributed by atoms with Crippen molar-refractivity contribution in [3.05, 3.63) is 40.8 Å². The Kier molecular flexibility index (Phi) is 3.08. The zero-order chi connectivity index (χ0) is 9.80. The van der Waals surface area contributed by atoms with Gasteiger partial charge in [0.05, 0.1) is 5.70 Å². The van der Waals surface area contributed by atoms with E-state index in [1.807, 2.05) is 7.05 Å². The summed E-state index contributed by atoms with van der Waals surface area (Å²) >= 11 is 1.56. The molecule has 3 N–H and O–H groups in total. The Morgan fingerprint density at radius 1 is 1.29 bits per heavy atom. The van der Waals surface area contributed by atoms with Crippen LogP contribution in [0.25, 0.3) is 5.70 Å². The zero-order valence-electron chi connectivity index (χ0n) is 8.00. The van der Waals surface area contributed by atoms with Gasteiger partial charge in [-0.05, 0) is 30.1 Å². The van der Waals surface area contributed by atoms with Crippen molar-refractivity contribution in [2.45, 2.75) is 6.54 Å². The van der Waals surface area contributed by atoms with Crippen LogP contribution in [0.15, 0.2) is 29.7 Å². The molecular formula is C10H13N3S. The molecule has 0 fully saturated rings. The first-order valence-corrected chi connectivity index (χ1v) is 5.39. The molecule has 3 nitrogen and oxygen atoms in total. The van der Waals surface area contributed by atoms with Crippen LogP contribution in [0.2, 0.25) is 0 Å². The van der Waals surface area contributed by atoms with Crippen LogP contribution >= 0.6 is 11.9 Å². The van der Waals surface area contributed by atoms with E-state index in [-0.39, 0.29) is 0 Å². The Labute approximate surface area is 88.1 Å². The third-order valence-electron chi connectivity index (χ3n) is 2.07. The Hall–Kier alpha value is -0.970. The average molecular weight is 207 g/mol. The normalized spacial score (nSPS) is 15.1. The van der Waals surface area contributed by atoms with E-state index in [2.05, 4.69) is 45.2 Å². The first kappa shape index (κ1) is 9.58. The fraction of sp³-hybridized carbons (Fsp3) is 0.200. The molecule has 1 aliphatic rings. The molecule has 14 heavy (non-hydrogen) atoms. The molecule has 0 atom stereocenters. The highest BCUT2D eigenvalue weighted by Gasteiger charge is 2.05. The van der Waals surface area contributed by atoms with E-state index in [0.717, 1.165) is 12.2 Å². The number of nitrogens with one attached hydrogen (secondary N) is 3. The Morgan fingerprint density at radius 2 is 2.07 bits per heavy atom. The minimum Gasteiger partial charge on any atom is -0.316 e. The lowest BCUT2D eigenvalue weighted by Crippen LogP contribution is -2.17. The van der Waals surface area contributed by atoms with Gasteiger partial charge in [0.2, 0.25) is 0 Å². The quantitative estimate of drug-likeness (QED) is 0.656. The van der Waals surface area contributed by atoms with Gasteiger partial charge in [0.15, 0.2) is 0 Å². The molecule has 2 rings (SSSR count). The Morgan fingerprint density at radius 3 is 2.64 bits per heavy atom. The largest absolute Gasteiger partial charge is 0.316 e. The summed E-state index contributed by atoms with van der Waals surface area (Å²) in [6, 6.07) is 8.52. The summed E-state index contributed by atoms with van der Waals surface area (Å²) in [4.78, 5) is 2.97. The van der Waals surface area contributed by atoms with E-state index >= 15 is 0 Å². The summed E-state index contributed by atoms with van der Waals surface area (Å²) in [5, 5.41) is 5.19. The van der Waals surface area contributed by atoms with E-state index < -0.39 is 0 Å². The summed E-state index contributed by atoms with van der Waals surface area (Å²) in [6.07, 6.45) is 0. The third-order valence-corrected chi connectivity index (χ3v) is 2.64. The van der Waals surface area contributed by atoms with Gasteiger partial charge in [-0.15, -0.1) is 0 Å². The maximum atomic E-state index is 3.13. The number of rotatable bonds is 3. The lowest BCUT2D eigenvalue weighted by Gasteiger charge is -2.05. The molecule has 1 aliphatic heterocycles. The number of hydrazine groups is 1. The van der Waals surface area contributed by atoms with Gasteiger partial charge in [-0.3, -0.25) is 0 Å². The van der Waals surface area contributed by atoms with Crippen LogP contribution in [0.3, 0.4) is 0 Å². The number of hydrogen-bond acceptors (Lipinski definition) is 4. The van der Waals surface area contributed by atoms with Gasteiger partial charge in [-0.25, -0.2) is 0 Å². The maximum Gasteiger partial charge on any atom is 0.0645 e. The number of benzene rings is 1. The van der Waals surface area contributed by atoms with Crippen molar-refractivity contribution in [2.24, 2.45) is 0 Å². The molecule has 0 unspecified atom stereocenters. The van der Waals surface area contributed by atoms with Crippen LogP contribution in [-0.4, -0.2) is 7.05 Å². The molecule has 1 aromatic rings. The van der Waals surface area contributed by atoms with Gasteiger partial charge < -0.3 is 10.7 Å². The molecule has 1 aromatic carbocycles. The van der Waals surface area contributed by atoms with Crippen molar-refractivity contribution < 1.29 is 0 Å². The molecule has 0 amide bonds. The van der Waals surface area contributed by atoms with Crippen molar-refractivity contribution >= 4 is 17.6 Å². The van der Waals surface area contributed by atoms with E-state index in [4.69, 9.17) is 0 Å². The topological polar surface area (TPSA) is 36.1 Å². The van der Waals surface area contributed by atoms with Gasteiger partial charge in [-0.1, -0.05) is 24.3 Å². The van der Waals surface area contributed by atoms with Crippen molar-refractivity contribution in [3.8, 4) is 0 Å². The van der Waals surface area contributed by atoms with Crippen molar-refractivity contribution in [3.63, 3.8) is 0 Å². The second kappa shape index (κ2) is 4.50. The highest BCUT2D eigenvalue weighted by atomic mass is 32.2. The molecule has 0 aliphatic carbocycles. The van der Waals surface area contributed by atoms with Gasteiger partial charge in [0.25, 0.3) is 0 Å². The summed E-state index contributed by atoms with van der Waals surface area (Å²) in [7, 11) is 1.95. The molecule has 0 saturated heterocycles. The maximum absolute atomic E-state index is 3.13. The fourth-order valence-corrected chi connectivity index (χ4v) is 1.89. The van der Waals surface area contributed by atoms with E-state index in [1.165, 1.54) is 11.1 Å². The predicted octanol–water partition coefficient (Wildman–Crippen LogP) is 1.46.